The number of aryl methyl sites for hydroxylation is 1. The molecule has 0 radical (unpaired) electrons. The van der Waals surface area contributed by atoms with E-state index in [1.54, 1.807) is 0 Å². The highest BCUT2D eigenvalue weighted by molar-refractivity contribution is 7.91. The van der Waals surface area contributed by atoms with Crippen molar-refractivity contribution in [2.24, 2.45) is 5.92 Å². The highest BCUT2D eigenvalue weighted by Crippen LogP contribution is 2.29. The van der Waals surface area contributed by atoms with Crippen LogP contribution in [0, 0.1) is 5.92 Å². The Kier molecular flexibility index (Phi) is 4.01. The molecule has 3 nitrogen and oxygen atoms in total. The minimum absolute atomic E-state index is 0.382. The molecule has 20 heavy (non-hydrogen) atoms. The molecule has 1 saturated heterocycles. The van der Waals surface area contributed by atoms with E-state index in [1.165, 1.54) is 30.5 Å². The first kappa shape index (κ1) is 13.9. The molecule has 1 aromatic rings. The van der Waals surface area contributed by atoms with Crippen LogP contribution in [0.25, 0.3) is 0 Å². The van der Waals surface area contributed by atoms with Gasteiger partial charge < -0.3 is 4.90 Å². The van der Waals surface area contributed by atoms with Gasteiger partial charge in [0, 0.05) is 18.8 Å². The Morgan fingerprint density at radius 3 is 2.65 bits per heavy atom. The zero-order chi connectivity index (χ0) is 14.0. The highest BCUT2D eigenvalue weighted by atomic mass is 32.2. The number of benzene rings is 1. The molecular formula is C16H23NO2S. The first-order valence-electron chi connectivity index (χ1n) is 7.67. The maximum Gasteiger partial charge on any atom is 0.150 e. The van der Waals surface area contributed by atoms with Crippen molar-refractivity contribution in [2.75, 3.05) is 29.5 Å². The summed E-state index contributed by atoms with van der Waals surface area (Å²) in [5.41, 5.74) is 2.83. The summed E-state index contributed by atoms with van der Waals surface area (Å²) in [5.74, 6) is 1.30. The van der Waals surface area contributed by atoms with Gasteiger partial charge in [-0.25, -0.2) is 8.42 Å². The molecule has 0 atom stereocenters. The minimum atomic E-state index is -2.74. The molecule has 2 heterocycles. The maximum absolute atomic E-state index is 11.5. The van der Waals surface area contributed by atoms with Gasteiger partial charge in [0.25, 0.3) is 0 Å². The first-order valence-corrected chi connectivity index (χ1v) is 9.49. The summed E-state index contributed by atoms with van der Waals surface area (Å²) >= 11 is 0. The van der Waals surface area contributed by atoms with E-state index in [0.29, 0.717) is 17.4 Å². The molecule has 1 fully saturated rings. The average Bonchev–Trinajstić information content (AvgIpc) is 2.64. The lowest BCUT2D eigenvalue weighted by atomic mass is 10.0. The number of para-hydroxylation sites is 1. The van der Waals surface area contributed by atoms with Crippen LogP contribution in [0.1, 0.15) is 31.2 Å². The Morgan fingerprint density at radius 2 is 1.85 bits per heavy atom. The molecule has 0 spiro atoms. The minimum Gasteiger partial charge on any atom is -0.371 e. The molecule has 0 aliphatic carbocycles. The molecule has 2 aliphatic heterocycles. The molecule has 0 amide bonds. The number of sulfone groups is 1. The SMILES string of the molecule is O=S1(=O)CCC(CN2CCCCc3ccccc32)CC1. The summed E-state index contributed by atoms with van der Waals surface area (Å²) in [7, 11) is -2.74. The van der Waals surface area contributed by atoms with Gasteiger partial charge in [-0.3, -0.25) is 0 Å². The van der Waals surface area contributed by atoms with Gasteiger partial charge in [0.15, 0.2) is 0 Å². The Balaban J connectivity index is 1.71. The van der Waals surface area contributed by atoms with Crippen molar-refractivity contribution >= 4 is 15.5 Å². The highest BCUT2D eigenvalue weighted by Gasteiger charge is 2.26. The Hall–Kier alpha value is -1.03. The van der Waals surface area contributed by atoms with Gasteiger partial charge in [-0.05, 0) is 49.7 Å². The van der Waals surface area contributed by atoms with Crippen LogP contribution in [0.3, 0.4) is 0 Å². The van der Waals surface area contributed by atoms with E-state index in [9.17, 15) is 8.42 Å². The lowest BCUT2D eigenvalue weighted by Crippen LogP contribution is -2.34. The van der Waals surface area contributed by atoms with E-state index in [-0.39, 0.29) is 0 Å². The lowest BCUT2D eigenvalue weighted by Gasteiger charge is -2.31. The number of nitrogens with zero attached hydrogens (tertiary/aromatic N) is 1. The number of fused-ring (bicyclic) bond motifs is 1. The van der Waals surface area contributed by atoms with Gasteiger partial charge >= 0.3 is 0 Å². The Labute approximate surface area is 121 Å². The van der Waals surface area contributed by atoms with E-state index in [0.717, 1.165) is 25.9 Å². The largest absolute Gasteiger partial charge is 0.371 e. The standard InChI is InChI=1S/C16H23NO2S/c18-20(19)11-8-14(9-12-20)13-17-10-4-3-6-15-5-1-2-7-16(15)17/h1-2,5,7,14H,3-4,6,8-13H2. The summed E-state index contributed by atoms with van der Waals surface area (Å²) in [5, 5.41) is 0. The lowest BCUT2D eigenvalue weighted by molar-refractivity contribution is 0.458. The van der Waals surface area contributed by atoms with Crippen molar-refractivity contribution in [1.29, 1.82) is 0 Å². The van der Waals surface area contributed by atoms with Crippen LogP contribution in [-0.2, 0) is 16.3 Å². The van der Waals surface area contributed by atoms with Gasteiger partial charge in [-0.1, -0.05) is 18.2 Å². The Bertz CT molecular complexity index is 554. The third-order valence-corrected chi connectivity index (χ3v) is 6.32. The van der Waals surface area contributed by atoms with Crippen LogP contribution < -0.4 is 4.90 Å². The third-order valence-electron chi connectivity index (χ3n) is 4.61. The molecule has 3 rings (SSSR count). The van der Waals surface area contributed by atoms with Crippen molar-refractivity contribution < 1.29 is 8.42 Å². The fraction of sp³-hybridized carbons (Fsp3) is 0.625. The van der Waals surface area contributed by atoms with Gasteiger partial charge in [-0.15, -0.1) is 0 Å². The fourth-order valence-corrected chi connectivity index (χ4v) is 4.98. The second kappa shape index (κ2) is 5.76. The third kappa shape index (κ3) is 3.17. The quantitative estimate of drug-likeness (QED) is 0.841. The summed E-state index contributed by atoms with van der Waals surface area (Å²) in [4.78, 5) is 2.49. The Morgan fingerprint density at radius 1 is 1.10 bits per heavy atom. The molecular weight excluding hydrogens is 270 g/mol. The molecule has 2 aliphatic rings. The van der Waals surface area contributed by atoms with E-state index in [1.807, 2.05) is 0 Å². The molecule has 0 unspecified atom stereocenters. The van der Waals surface area contributed by atoms with Crippen molar-refractivity contribution in [3.8, 4) is 0 Å². The molecule has 0 saturated carbocycles. The summed E-state index contributed by atoms with van der Waals surface area (Å²) in [6.07, 6.45) is 5.33. The molecule has 4 heteroatoms. The number of anilines is 1. The van der Waals surface area contributed by atoms with E-state index >= 15 is 0 Å². The van der Waals surface area contributed by atoms with Crippen LogP contribution in [0.5, 0.6) is 0 Å². The van der Waals surface area contributed by atoms with Crippen molar-refractivity contribution in [1.82, 2.24) is 0 Å². The molecule has 0 N–H and O–H groups in total. The predicted octanol–water partition coefficient (Wildman–Crippen LogP) is 2.65. The molecule has 0 aromatic heterocycles. The number of rotatable bonds is 2. The zero-order valence-electron chi connectivity index (χ0n) is 11.9. The van der Waals surface area contributed by atoms with E-state index < -0.39 is 9.84 Å². The van der Waals surface area contributed by atoms with Crippen molar-refractivity contribution in [3.05, 3.63) is 29.8 Å². The first-order chi connectivity index (χ1) is 9.64. The van der Waals surface area contributed by atoms with Crippen LogP contribution >= 0.6 is 0 Å². The van der Waals surface area contributed by atoms with Gasteiger partial charge in [0.2, 0.25) is 0 Å². The second-order valence-corrected chi connectivity index (χ2v) is 8.43. The summed E-state index contributed by atoms with van der Waals surface area (Å²) in [6, 6.07) is 8.69. The smallest absolute Gasteiger partial charge is 0.150 e. The number of hydrogen-bond donors (Lipinski definition) is 0. The van der Waals surface area contributed by atoms with Crippen LogP contribution in [0.2, 0.25) is 0 Å². The number of hydrogen-bond acceptors (Lipinski definition) is 3. The van der Waals surface area contributed by atoms with Crippen molar-refractivity contribution in [2.45, 2.75) is 32.1 Å². The van der Waals surface area contributed by atoms with E-state index in [4.69, 9.17) is 0 Å². The normalized spacial score (nSPS) is 23.1. The predicted molar refractivity (Wildman–Crippen MR) is 83.0 cm³/mol. The van der Waals surface area contributed by atoms with Gasteiger partial charge in [0.05, 0.1) is 11.5 Å². The molecule has 1 aromatic carbocycles. The zero-order valence-corrected chi connectivity index (χ0v) is 12.7. The fourth-order valence-electron chi connectivity index (χ4n) is 3.39. The second-order valence-electron chi connectivity index (χ2n) is 6.13. The van der Waals surface area contributed by atoms with Crippen LogP contribution in [0.4, 0.5) is 5.69 Å². The summed E-state index contributed by atoms with van der Waals surface area (Å²) in [6.45, 7) is 2.13. The van der Waals surface area contributed by atoms with Crippen LogP contribution in [0.15, 0.2) is 24.3 Å². The molecule has 0 bridgehead atoms. The van der Waals surface area contributed by atoms with Crippen molar-refractivity contribution in [3.63, 3.8) is 0 Å². The summed E-state index contributed by atoms with van der Waals surface area (Å²) < 4.78 is 23.1. The van der Waals surface area contributed by atoms with Gasteiger partial charge in [-0.2, -0.15) is 0 Å². The van der Waals surface area contributed by atoms with Gasteiger partial charge in [0.1, 0.15) is 9.84 Å². The van der Waals surface area contributed by atoms with Crippen LogP contribution in [-0.4, -0.2) is 33.0 Å². The average molecular weight is 293 g/mol. The maximum atomic E-state index is 11.5. The van der Waals surface area contributed by atoms with E-state index in [2.05, 4.69) is 29.2 Å². The molecule has 110 valence electrons. The topological polar surface area (TPSA) is 37.4 Å². The monoisotopic (exact) mass is 293 g/mol.